The number of sulfonamides is 1. The van der Waals surface area contributed by atoms with Crippen molar-refractivity contribution in [2.24, 2.45) is 5.92 Å². The average Bonchev–Trinajstić information content (AvgIpc) is 3.14. The van der Waals surface area contributed by atoms with Crippen LogP contribution in [0.2, 0.25) is 0 Å². The van der Waals surface area contributed by atoms with Crippen molar-refractivity contribution in [3.8, 4) is 0 Å². The lowest BCUT2D eigenvalue weighted by Gasteiger charge is -2.36. The van der Waals surface area contributed by atoms with E-state index in [1.165, 1.54) is 21.2 Å². The number of rotatable bonds is 3. The maximum absolute atomic E-state index is 13.2. The van der Waals surface area contributed by atoms with Crippen LogP contribution in [0.4, 0.5) is 5.69 Å². The summed E-state index contributed by atoms with van der Waals surface area (Å²) >= 11 is 1.29. The molecular formula is C20H24N2O3S2. The Morgan fingerprint density at radius 3 is 2.70 bits per heavy atom. The normalized spacial score (nSPS) is 21.1. The number of hydrogen-bond acceptors (Lipinski definition) is 4. The standard InChI is InChI=1S/C20H24N2O3S2/c1-15-10-11-19(26-15)27(24,25)21-12-4-8-17(14-21)20(23)22-13-5-7-16-6-2-3-9-18(16)22/h2-3,6,9-11,17H,4-5,7-8,12-14H2,1H3/t17-/m1/s1. The number of carbonyl (C=O) groups excluding carboxylic acids is 1. The molecule has 0 unspecified atom stereocenters. The van der Waals surface area contributed by atoms with Gasteiger partial charge in [-0.3, -0.25) is 4.79 Å². The van der Waals surface area contributed by atoms with Crippen LogP contribution in [0.1, 0.15) is 29.7 Å². The minimum absolute atomic E-state index is 0.0596. The molecule has 4 rings (SSSR count). The van der Waals surface area contributed by atoms with Crippen LogP contribution in [0.15, 0.2) is 40.6 Å². The molecule has 2 aliphatic rings. The second-order valence-electron chi connectivity index (χ2n) is 7.29. The molecule has 0 bridgehead atoms. The highest BCUT2D eigenvalue weighted by Gasteiger charge is 2.36. The predicted molar refractivity (Wildman–Crippen MR) is 108 cm³/mol. The summed E-state index contributed by atoms with van der Waals surface area (Å²) in [6.45, 7) is 3.37. The molecular weight excluding hydrogens is 380 g/mol. The molecule has 0 N–H and O–H groups in total. The first-order valence-electron chi connectivity index (χ1n) is 9.43. The molecule has 7 heteroatoms. The van der Waals surface area contributed by atoms with Gasteiger partial charge in [0, 0.05) is 30.2 Å². The van der Waals surface area contributed by atoms with Crippen LogP contribution >= 0.6 is 11.3 Å². The summed E-state index contributed by atoms with van der Waals surface area (Å²) in [6, 6.07) is 11.5. The van der Waals surface area contributed by atoms with E-state index in [2.05, 4.69) is 6.07 Å². The van der Waals surface area contributed by atoms with Crippen LogP contribution < -0.4 is 4.90 Å². The van der Waals surface area contributed by atoms with Crippen LogP contribution in [-0.2, 0) is 21.2 Å². The van der Waals surface area contributed by atoms with Crippen molar-refractivity contribution in [2.45, 2.75) is 36.8 Å². The fraction of sp³-hybridized carbons (Fsp3) is 0.450. The number of benzene rings is 1. The molecule has 1 aromatic carbocycles. The van der Waals surface area contributed by atoms with Gasteiger partial charge in [0.05, 0.1) is 5.92 Å². The van der Waals surface area contributed by atoms with Gasteiger partial charge >= 0.3 is 0 Å². The lowest BCUT2D eigenvalue weighted by molar-refractivity contribution is -0.123. The molecule has 3 heterocycles. The maximum Gasteiger partial charge on any atom is 0.252 e. The summed E-state index contributed by atoms with van der Waals surface area (Å²) < 4.78 is 27.8. The number of nitrogens with zero attached hydrogens (tertiary/aromatic N) is 2. The van der Waals surface area contributed by atoms with Gasteiger partial charge < -0.3 is 4.90 Å². The average molecular weight is 405 g/mol. The lowest BCUT2D eigenvalue weighted by atomic mass is 9.95. The van der Waals surface area contributed by atoms with Crippen LogP contribution in [0.3, 0.4) is 0 Å². The first-order chi connectivity index (χ1) is 13.0. The second-order valence-corrected chi connectivity index (χ2v) is 10.7. The van der Waals surface area contributed by atoms with E-state index >= 15 is 0 Å². The highest BCUT2D eigenvalue weighted by molar-refractivity contribution is 7.91. The molecule has 2 aromatic rings. The fourth-order valence-corrected chi connectivity index (χ4v) is 6.98. The second kappa shape index (κ2) is 7.37. The molecule has 0 radical (unpaired) electrons. The summed E-state index contributed by atoms with van der Waals surface area (Å²) in [6.07, 6.45) is 3.40. The number of fused-ring (bicyclic) bond motifs is 1. The van der Waals surface area contributed by atoms with Crippen molar-refractivity contribution in [1.29, 1.82) is 0 Å². The lowest BCUT2D eigenvalue weighted by Crippen LogP contribution is -2.47. The Morgan fingerprint density at radius 2 is 1.93 bits per heavy atom. The van der Waals surface area contributed by atoms with Crippen molar-refractivity contribution in [1.82, 2.24) is 4.31 Å². The summed E-state index contributed by atoms with van der Waals surface area (Å²) in [4.78, 5) is 16.1. The van der Waals surface area contributed by atoms with Gasteiger partial charge in [0.25, 0.3) is 10.0 Å². The highest BCUT2D eigenvalue weighted by atomic mass is 32.2. The van der Waals surface area contributed by atoms with Crippen LogP contribution in [-0.4, -0.2) is 38.3 Å². The number of para-hydroxylation sites is 1. The van der Waals surface area contributed by atoms with E-state index in [1.54, 1.807) is 6.07 Å². The van der Waals surface area contributed by atoms with Gasteiger partial charge in [0.15, 0.2) is 0 Å². The number of anilines is 1. The Kier molecular flexibility index (Phi) is 5.09. The van der Waals surface area contributed by atoms with E-state index < -0.39 is 10.0 Å². The van der Waals surface area contributed by atoms with Crippen molar-refractivity contribution in [2.75, 3.05) is 24.5 Å². The van der Waals surface area contributed by atoms with E-state index in [-0.39, 0.29) is 18.4 Å². The SMILES string of the molecule is Cc1ccc(S(=O)(=O)N2CCC[C@@H](C(=O)N3CCCc4ccccc43)C2)s1. The highest BCUT2D eigenvalue weighted by Crippen LogP contribution is 2.32. The third-order valence-electron chi connectivity index (χ3n) is 5.42. The van der Waals surface area contributed by atoms with E-state index in [4.69, 9.17) is 0 Å². The summed E-state index contributed by atoms with van der Waals surface area (Å²) in [5.74, 6) is -0.217. The van der Waals surface area contributed by atoms with Crippen molar-refractivity contribution in [3.63, 3.8) is 0 Å². The van der Waals surface area contributed by atoms with Gasteiger partial charge in [-0.15, -0.1) is 11.3 Å². The van der Waals surface area contributed by atoms with E-state index in [9.17, 15) is 13.2 Å². The summed E-state index contributed by atoms with van der Waals surface area (Å²) in [7, 11) is -3.52. The van der Waals surface area contributed by atoms with Gasteiger partial charge in [-0.25, -0.2) is 8.42 Å². The molecule has 2 aliphatic heterocycles. The third-order valence-corrected chi connectivity index (χ3v) is 8.75. The largest absolute Gasteiger partial charge is 0.312 e. The van der Waals surface area contributed by atoms with Gasteiger partial charge in [0.2, 0.25) is 5.91 Å². The number of carbonyl (C=O) groups is 1. The number of hydrogen-bond donors (Lipinski definition) is 0. The van der Waals surface area contributed by atoms with Crippen LogP contribution in [0.25, 0.3) is 0 Å². The molecule has 144 valence electrons. The van der Waals surface area contributed by atoms with Crippen LogP contribution in [0.5, 0.6) is 0 Å². The van der Waals surface area contributed by atoms with E-state index in [1.807, 2.05) is 36.1 Å². The molecule has 5 nitrogen and oxygen atoms in total. The van der Waals surface area contributed by atoms with Crippen LogP contribution in [0, 0.1) is 12.8 Å². The first-order valence-corrected chi connectivity index (χ1v) is 11.7. The van der Waals surface area contributed by atoms with Crippen molar-refractivity contribution < 1.29 is 13.2 Å². The van der Waals surface area contributed by atoms with E-state index in [0.29, 0.717) is 17.3 Å². The van der Waals surface area contributed by atoms with Crippen molar-refractivity contribution >= 4 is 33.0 Å². The Labute approximate surface area is 164 Å². The Bertz CT molecular complexity index is 952. The van der Waals surface area contributed by atoms with Crippen molar-refractivity contribution in [3.05, 3.63) is 46.8 Å². The molecule has 0 spiro atoms. The Balaban J connectivity index is 1.54. The minimum atomic E-state index is -3.52. The zero-order chi connectivity index (χ0) is 19.0. The smallest absolute Gasteiger partial charge is 0.252 e. The summed E-state index contributed by atoms with van der Waals surface area (Å²) in [5, 5.41) is 0. The Morgan fingerprint density at radius 1 is 1.11 bits per heavy atom. The first kappa shape index (κ1) is 18.7. The zero-order valence-electron chi connectivity index (χ0n) is 15.4. The monoisotopic (exact) mass is 404 g/mol. The van der Waals surface area contributed by atoms with Gasteiger partial charge in [0.1, 0.15) is 4.21 Å². The number of aryl methyl sites for hydroxylation is 2. The predicted octanol–water partition coefficient (Wildman–Crippen LogP) is 3.44. The van der Waals surface area contributed by atoms with Gasteiger partial charge in [-0.05, 0) is 56.4 Å². The number of piperidine rings is 1. The molecule has 1 amide bonds. The minimum Gasteiger partial charge on any atom is -0.312 e. The van der Waals surface area contributed by atoms with Gasteiger partial charge in [-0.2, -0.15) is 4.31 Å². The zero-order valence-corrected chi connectivity index (χ0v) is 17.1. The molecule has 1 atom stereocenters. The Hall–Kier alpha value is -1.70. The number of thiophene rings is 1. The third kappa shape index (κ3) is 3.56. The molecule has 0 aliphatic carbocycles. The van der Waals surface area contributed by atoms with E-state index in [0.717, 1.165) is 36.2 Å². The molecule has 1 fully saturated rings. The number of amides is 1. The molecule has 27 heavy (non-hydrogen) atoms. The summed E-state index contributed by atoms with van der Waals surface area (Å²) in [5.41, 5.74) is 2.19. The molecule has 1 saturated heterocycles. The molecule has 0 saturated carbocycles. The van der Waals surface area contributed by atoms with Gasteiger partial charge in [-0.1, -0.05) is 18.2 Å². The maximum atomic E-state index is 13.2. The fourth-order valence-electron chi connectivity index (χ4n) is 4.02. The molecule has 1 aromatic heterocycles. The quantitative estimate of drug-likeness (QED) is 0.787. The topological polar surface area (TPSA) is 57.7 Å².